The average Bonchev–Trinajstić information content (AvgIpc) is 3.38. The van der Waals surface area contributed by atoms with Gasteiger partial charge in [-0.1, -0.05) is 49.4 Å². The molecule has 1 aliphatic heterocycles. The second-order valence-corrected chi connectivity index (χ2v) is 8.52. The molecule has 1 fully saturated rings. The van der Waals surface area contributed by atoms with Crippen molar-refractivity contribution in [3.8, 4) is 6.07 Å². The smallest absolute Gasteiger partial charge is 0.335 e. The second kappa shape index (κ2) is 6.55. The summed E-state index contributed by atoms with van der Waals surface area (Å²) in [7, 11) is 0. The number of nitrogens with zero attached hydrogens (tertiary/aromatic N) is 2. The number of amides is 1. The maximum absolute atomic E-state index is 13.8. The molecular formula is C26H20N2O3. The monoisotopic (exact) mass is 408 g/mol. The van der Waals surface area contributed by atoms with Crippen molar-refractivity contribution in [1.29, 1.82) is 5.26 Å². The number of carbonyl (C=O) groups excluding carboxylic acids is 1. The molecule has 31 heavy (non-hydrogen) atoms. The van der Waals surface area contributed by atoms with Crippen molar-refractivity contribution in [1.82, 2.24) is 0 Å². The lowest BCUT2D eigenvalue weighted by Crippen LogP contribution is -2.35. The van der Waals surface area contributed by atoms with Gasteiger partial charge in [0.2, 0.25) is 5.91 Å². The Morgan fingerprint density at radius 3 is 2.55 bits per heavy atom. The molecule has 152 valence electrons. The Morgan fingerprint density at radius 2 is 1.84 bits per heavy atom. The van der Waals surface area contributed by atoms with Gasteiger partial charge >= 0.3 is 5.97 Å². The molecule has 0 radical (unpaired) electrons. The van der Waals surface area contributed by atoms with Crippen LogP contribution in [0.3, 0.4) is 0 Å². The molecule has 1 amide bonds. The van der Waals surface area contributed by atoms with E-state index in [1.807, 2.05) is 42.5 Å². The SMILES string of the molecule is C[C@@]1(c2ccc(C#N)cc2)C[C@]12C(=O)N(Cc1cccc(C(=O)O)c1)c1ccccc12. The number of nitriles is 1. The lowest BCUT2D eigenvalue weighted by Gasteiger charge is -2.21. The van der Waals surface area contributed by atoms with Crippen LogP contribution in [0.4, 0.5) is 5.69 Å². The van der Waals surface area contributed by atoms with E-state index in [1.165, 1.54) is 0 Å². The van der Waals surface area contributed by atoms with Crippen molar-refractivity contribution < 1.29 is 14.7 Å². The van der Waals surface area contributed by atoms with Crippen LogP contribution in [-0.4, -0.2) is 17.0 Å². The molecule has 3 aromatic rings. The highest BCUT2D eigenvalue weighted by atomic mass is 16.4. The standard InChI is InChI=1S/C26H20N2O3/c1-25(20-11-9-17(14-27)10-12-20)16-26(25)21-7-2-3-8-22(21)28(24(26)31)15-18-5-4-6-19(13-18)23(29)30/h2-13H,15-16H2,1H3,(H,29,30)/t25-,26-/m0/s1. The van der Waals surface area contributed by atoms with Gasteiger partial charge in [-0.2, -0.15) is 5.26 Å². The molecule has 0 bridgehead atoms. The third-order valence-corrected chi connectivity index (χ3v) is 6.87. The van der Waals surface area contributed by atoms with Gasteiger partial charge in [-0.05, 0) is 53.4 Å². The minimum atomic E-state index is -0.984. The van der Waals surface area contributed by atoms with Crippen molar-refractivity contribution >= 4 is 17.6 Å². The molecule has 1 spiro atoms. The van der Waals surface area contributed by atoms with Gasteiger partial charge in [0.05, 0.1) is 29.2 Å². The van der Waals surface area contributed by atoms with E-state index in [-0.39, 0.29) is 16.9 Å². The Bertz CT molecular complexity index is 1270. The molecule has 2 aliphatic rings. The molecule has 0 unspecified atom stereocenters. The van der Waals surface area contributed by atoms with Crippen molar-refractivity contribution in [3.63, 3.8) is 0 Å². The number of fused-ring (bicyclic) bond motifs is 2. The molecule has 5 heteroatoms. The van der Waals surface area contributed by atoms with Gasteiger partial charge in [-0.3, -0.25) is 4.79 Å². The lowest BCUT2D eigenvalue weighted by molar-refractivity contribution is -0.120. The number of aromatic carboxylic acids is 1. The van der Waals surface area contributed by atoms with Crippen molar-refractivity contribution in [2.75, 3.05) is 4.90 Å². The molecule has 1 aliphatic carbocycles. The minimum Gasteiger partial charge on any atom is -0.478 e. The minimum absolute atomic E-state index is 0.0429. The van der Waals surface area contributed by atoms with Crippen molar-refractivity contribution in [3.05, 3.63) is 101 Å². The highest BCUT2D eigenvalue weighted by Gasteiger charge is 2.74. The van der Waals surface area contributed by atoms with Crippen LogP contribution < -0.4 is 4.90 Å². The molecule has 5 nitrogen and oxygen atoms in total. The Balaban J connectivity index is 1.55. The largest absolute Gasteiger partial charge is 0.478 e. The van der Waals surface area contributed by atoms with Gasteiger partial charge in [0, 0.05) is 11.1 Å². The van der Waals surface area contributed by atoms with Gasteiger partial charge in [0.15, 0.2) is 0 Å². The number of anilines is 1. The zero-order valence-electron chi connectivity index (χ0n) is 17.0. The van der Waals surface area contributed by atoms with E-state index in [4.69, 9.17) is 5.26 Å². The first-order valence-electron chi connectivity index (χ1n) is 10.1. The molecule has 2 atom stereocenters. The maximum Gasteiger partial charge on any atom is 0.335 e. The van der Waals surface area contributed by atoms with E-state index in [0.717, 1.165) is 22.4 Å². The van der Waals surface area contributed by atoms with E-state index in [2.05, 4.69) is 13.0 Å². The number of carboxylic acids is 1. The second-order valence-electron chi connectivity index (χ2n) is 8.52. The molecular weight excluding hydrogens is 388 g/mol. The fourth-order valence-electron chi connectivity index (χ4n) is 5.12. The van der Waals surface area contributed by atoms with Gasteiger partial charge < -0.3 is 10.0 Å². The molecule has 1 saturated carbocycles. The fraction of sp³-hybridized carbons (Fsp3) is 0.192. The van der Waals surface area contributed by atoms with Crippen LogP contribution >= 0.6 is 0 Å². The van der Waals surface area contributed by atoms with Crippen molar-refractivity contribution in [2.24, 2.45) is 0 Å². The van der Waals surface area contributed by atoms with E-state index in [1.54, 1.807) is 35.2 Å². The summed E-state index contributed by atoms with van der Waals surface area (Å²) in [6.45, 7) is 2.43. The molecule has 0 saturated heterocycles. The van der Waals surface area contributed by atoms with Gasteiger partial charge in [0.1, 0.15) is 0 Å². The first-order valence-corrected chi connectivity index (χ1v) is 10.1. The maximum atomic E-state index is 13.8. The van der Waals surface area contributed by atoms with Gasteiger partial charge in [-0.15, -0.1) is 0 Å². The predicted octanol–water partition coefficient (Wildman–Crippen LogP) is 4.40. The quantitative estimate of drug-likeness (QED) is 0.694. The molecule has 1 heterocycles. The summed E-state index contributed by atoms with van der Waals surface area (Å²) in [5, 5.41) is 18.4. The van der Waals surface area contributed by atoms with E-state index in [9.17, 15) is 14.7 Å². The summed E-state index contributed by atoms with van der Waals surface area (Å²) in [5.41, 5.74) is 3.53. The van der Waals surface area contributed by atoms with Crippen LogP contribution in [0, 0.1) is 11.3 Å². The fourth-order valence-corrected chi connectivity index (χ4v) is 5.12. The number of benzene rings is 3. The Morgan fingerprint density at radius 1 is 1.10 bits per heavy atom. The average molecular weight is 408 g/mol. The Labute approximate surface area is 180 Å². The molecule has 3 aromatic carbocycles. The van der Waals surface area contributed by atoms with Crippen LogP contribution in [0.15, 0.2) is 72.8 Å². The summed E-state index contributed by atoms with van der Waals surface area (Å²) < 4.78 is 0. The Kier molecular flexibility index (Phi) is 4.03. The van der Waals surface area contributed by atoms with Crippen LogP contribution in [0.1, 0.15) is 46.0 Å². The van der Waals surface area contributed by atoms with Crippen LogP contribution in [0.25, 0.3) is 0 Å². The highest BCUT2D eigenvalue weighted by molar-refractivity contribution is 6.12. The van der Waals surface area contributed by atoms with Gasteiger partial charge in [-0.25, -0.2) is 4.79 Å². The third kappa shape index (κ3) is 2.62. The van der Waals surface area contributed by atoms with Crippen molar-refractivity contribution in [2.45, 2.75) is 30.7 Å². The van der Waals surface area contributed by atoms with E-state index in [0.29, 0.717) is 18.5 Å². The first kappa shape index (κ1) is 19.1. The summed E-state index contributed by atoms with van der Waals surface area (Å²) in [5.74, 6) is -0.941. The summed E-state index contributed by atoms with van der Waals surface area (Å²) in [6.07, 6.45) is 0.702. The Hall–Kier alpha value is -3.91. The van der Waals surface area contributed by atoms with Crippen LogP contribution in [0.2, 0.25) is 0 Å². The predicted molar refractivity (Wildman–Crippen MR) is 116 cm³/mol. The molecule has 1 N–H and O–H groups in total. The number of para-hydroxylation sites is 1. The number of hydrogen-bond acceptors (Lipinski definition) is 3. The number of carboxylic acid groups (broad SMARTS) is 1. The van der Waals surface area contributed by atoms with Crippen LogP contribution in [-0.2, 0) is 22.2 Å². The number of rotatable bonds is 4. The van der Waals surface area contributed by atoms with Gasteiger partial charge in [0.25, 0.3) is 0 Å². The molecule has 5 rings (SSSR count). The van der Waals surface area contributed by atoms with E-state index >= 15 is 0 Å². The topological polar surface area (TPSA) is 81.4 Å². The van der Waals surface area contributed by atoms with E-state index < -0.39 is 11.4 Å². The third-order valence-electron chi connectivity index (χ3n) is 6.87. The number of hydrogen-bond donors (Lipinski definition) is 1. The zero-order chi connectivity index (χ0) is 21.8. The molecule has 0 aromatic heterocycles. The highest BCUT2D eigenvalue weighted by Crippen LogP contribution is 2.70. The van der Waals surface area contributed by atoms with Crippen LogP contribution in [0.5, 0.6) is 0 Å². The normalized spacial score (nSPS) is 23.5. The lowest BCUT2D eigenvalue weighted by atomic mass is 9.83. The zero-order valence-corrected chi connectivity index (χ0v) is 17.0. The number of carbonyl (C=O) groups is 2. The summed E-state index contributed by atoms with van der Waals surface area (Å²) >= 11 is 0. The summed E-state index contributed by atoms with van der Waals surface area (Å²) in [6, 6.07) is 24.2. The first-order chi connectivity index (χ1) is 14.9. The summed E-state index contributed by atoms with van der Waals surface area (Å²) in [4.78, 5) is 27.0.